The molecule has 0 rings (SSSR count). The second kappa shape index (κ2) is 17.2. The Morgan fingerprint density at radius 1 is 0.565 bits per heavy atom. The van der Waals surface area contributed by atoms with Gasteiger partial charge in [0.25, 0.3) is 0 Å². The summed E-state index contributed by atoms with van der Waals surface area (Å²) in [5, 5.41) is 17.2. The van der Waals surface area contributed by atoms with Crippen molar-refractivity contribution in [3.8, 4) is 0 Å². The molecule has 6 nitrogen and oxygen atoms in total. The molecule has 0 spiro atoms. The summed E-state index contributed by atoms with van der Waals surface area (Å²) < 4.78 is 10.1. The molecule has 0 amide bonds. The number of carbonyl (C=O) groups is 2. The van der Waals surface area contributed by atoms with Gasteiger partial charge in [-0.2, -0.15) is 0 Å². The van der Waals surface area contributed by atoms with Crippen molar-refractivity contribution < 1.29 is 29.3 Å². The molecule has 0 atom stereocenters. The van der Waals surface area contributed by atoms with Crippen LogP contribution in [0.5, 0.6) is 0 Å². The van der Waals surface area contributed by atoms with E-state index in [-0.39, 0.29) is 25.2 Å². The second-order valence-electron chi connectivity index (χ2n) is 5.57. The highest BCUT2D eigenvalue weighted by molar-refractivity contribution is 5.69. The van der Waals surface area contributed by atoms with Crippen LogP contribution in [0, 0.1) is 0 Å². The van der Waals surface area contributed by atoms with Crippen molar-refractivity contribution in [2.45, 2.75) is 70.6 Å². The minimum absolute atomic E-state index is 0.0248. The molecule has 0 aromatic carbocycles. The number of hydrogen-bond acceptors (Lipinski definition) is 6. The molecule has 0 heterocycles. The van der Waals surface area contributed by atoms with E-state index in [4.69, 9.17) is 19.7 Å². The first-order chi connectivity index (χ1) is 11.2. The summed E-state index contributed by atoms with van der Waals surface area (Å²) in [5.74, 6) is -0.458. The fraction of sp³-hybridized carbons (Fsp3) is 0.882. The Morgan fingerprint density at radius 3 is 1.26 bits per heavy atom. The number of carbonyl (C=O) groups excluding carboxylic acids is 2. The van der Waals surface area contributed by atoms with Crippen molar-refractivity contribution in [3.63, 3.8) is 0 Å². The van der Waals surface area contributed by atoms with E-state index in [1.807, 2.05) is 0 Å². The Kier molecular flexibility index (Phi) is 16.4. The van der Waals surface area contributed by atoms with Gasteiger partial charge in [0, 0.05) is 26.1 Å². The van der Waals surface area contributed by atoms with E-state index < -0.39 is 0 Å². The molecule has 6 heteroatoms. The average Bonchev–Trinajstić information content (AvgIpc) is 2.55. The lowest BCUT2D eigenvalue weighted by Gasteiger charge is -2.05. The molecule has 0 radical (unpaired) electrons. The number of unbranched alkanes of at least 4 members (excludes halogenated alkanes) is 6. The molecule has 2 N–H and O–H groups in total. The van der Waals surface area contributed by atoms with Gasteiger partial charge >= 0.3 is 11.9 Å². The highest BCUT2D eigenvalue weighted by Gasteiger charge is 2.02. The minimum atomic E-state index is -0.229. The maximum atomic E-state index is 11.2. The molecule has 0 saturated heterocycles. The Bertz CT molecular complexity index is 265. The van der Waals surface area contributed by atoms with Crippen molar-refractivity contribution in [3.05, 3.63) is 0 Å². The van der Waals surface area contributed by atoms with Gasteiger partial charge < -0.3 is 19.7 Å². The first-order valence-electron chi connectivity index (χ1n) is 8.73. The van der Waals surface area contributed by atoms with Crippen molar-refractivity contribution >= 4 is 11.9 Å². The molecule has 0 aliphatic carbocycles. The minimum Gasteiger partial charge on any atom is -0.466 e. The quantitative estimate of drug-likeness (QED) is 0.333. The van der Waals surface area contributed by atoms with Crippen LogP contribution in [0.4, 0.5) is 0 Å². The van der Waals surface area contributed by atoms with Gasteiger partial charge in [0.05, 0.1) is 13.2 Å². The van der Waals surface area contributed by atoms with Gasteiger partial charge in [-0.05, 0) is 25.7 Å². The van der Waals surface area contributed by atoms with E-state index in [1.165, 1.54) is 0 Å². The van der Waals surface area contributed by atoms with Crippen molar-refractivity contribution in [1.29, 1.82) is 0 Å². The predicted molar refractivity (Wildman–Crippen MR) is 86.9 cm³/mol. The summed E-state index contributed by atoms with van der Waals surface area (Å²) in [4.78, 5) is 22.3. The maximum absolute atomic E-state index is 11.2. The van der Waals surface area contributed by atoms with E-state index >= 15 is 0 Å². The lowest BCUT2D eigenvalue weighted by Crippen LogP contribution is -2.06. The zero-order chi connectivity index (χ0) is 17.2. The van der Waals surface area contributed by atoms with Crippen LogP contribution in [-0.4, -0.2) is 48.6 Å². The van der Waals surface area contributed by atoms with Crippen LogP contribution in [0.25, 0.3) is 0 Å². The third-order valence-corrected chi connectivity index (χ3v) is 3.39. The second-order valence-corrected chi connectivity index (χ2v) is 5.57. The van der Waals surface area contributed by atoms with Gasteiger partial charge in [-0.15, -0.1) is 0 Å². The fourth-order valence-corrected chi connectivity index (χ4v) is 2.05. The van der Waals surface area contributed by atoms with E-state index in [0.29, 0.717) is 38.9 Å². The van der Waals surface area contributed by atoms with E-state index in [1.54, 1.807) is 0 Å². The molecular formula is C17H32O6. The summed E-state index contributed by atoms with van der Waals surface area (Å²) in [5.41, 5.74) is 0. The first-order valence-corrected chi connectivity index (χ1v) is 8.73. The standard InChI is InChI=1S/C17H32O6/c18-12-8-10-16(20)22-14-6-4-2-1-3-5-7-15-23-17(21)11-9-13-19/h18-19H,1-15H2. The van der Waals surface area contributed by atoms with Crippen LogP contribution in [0.1, 0.15) is 70.6 Å². The number of esters is 2. The molecule has 0 aliphatic heterocycles. The molecule has 0 bridgehead atoms. The third kappa shape index (κ3) is 17.1. The number of aliphatic hydroxyl groups excluding tert-OH is 2. The van der Waals surface area contributed by atoms with Gasteiger partial charge in [0.1, 0.15) is 0 Å². The maximum Gasteiger partial charge on any atom is 0.305 e. The van der Waals surface area contributed by atoms with E-state index in [9.17, 15) is 9.59 Å². The normalized spacial score (nSPS) is 10.5. The van der Waals surface area contributed by atoms with Crippen LogP contribution in [-0.2, 0) is 19.1 Å². The van der Waals surface area contributed by atoms with Crippen molar-refractivity contribution in [2.75, 3.05) is 26.4 Å². The SMILES string of the molecule is O=C(CCCO)OCCCCCCCCCOC(=O)CCCO. The molecule has 0 saturated carbocycles. The number of hydrogen-bond donors (Lipinski definition) is 2. The van der Waals surface area contributed by atoms with E-state index in [2.05, 4.69) is 0 Å². The van der Waals surface area contributed by atoms with E-state index in [0.717, 1.165) is 44.9 Å². The van der Waals surface area contributed by atoms with Crippen LogP contribution >= 0.6 is 0 Å². The van der Waals surface area contributed by atoms with Crippen LogP contribution in [0.2, 0.25) is 0 Å². The Balaban J connectivity index is 3.16. The monoisotopic (exact) mass is 332 g/mol. The Labute approximate surface area is 139 Å². The first kappa shape index (κ1) is 21.9. The van der Waals surface area contributed by atoms with Gasteiger partial charge in [-0.25, -0.2) is 0 Å². The molecular weight excluding hydrogens is 300 g/mol. The predicted octanol–water partition coefficient (Wildman–Crippen LogP) is 2.35. The molecule has 0 unspecified atom stereocenters. The van der Waals surface area contributed by atoms with Gasteiger partial charge in [0.2, 0.25) is 0 Å². The zero-order valence-electron chi connectivity index (χ0n) is 14.1. The smallest absolute Gasteiger partial charge is 0.305 e. The highest BCUT2D eigenvalue weighted by atomic mass is 16.5. The molecule has 136 valence electrons. The van der Waals surface area contributed by atoms with Crippen molar-refractivity contribution in [2.24, 2.45) is 0 Å². The van der Waals surface area contributed by atoms with Crippen molar-refractivity contribution in [1.82, 2.24) is 0 Å². The zero-order valence-corrected chi connectivity index (χ0v) is 14.1. The highest BCUT2D eigenvalue weighted by Crippen LogP contribution is 2.08. The van der Waals surface area contributed by atoms with Gasteiger partial charge in [0.15, 0.2) is 0 Å². The fourth-order valence-electron chi connectivity index (χ4n) is 2.05. The Morgan fingerprint density at radius 2 is 0.913 bits per heavy atom. The van der Waals surface area contributed by atoms with Gasteiger partial charge in [-0.1, -0.05) is 32.1 Å². The summed E-state index contributed by atoms with van der Waals surface area (Å²) in [6.45, 7) is 0.982. The lowest BCUT2D eigenvalue weighted by atomic mass is 10.1. The number of rotatable bonds is 16. The molecule has 0 aliphatic rings. The topological polar surface area (TPSA) is 93.1 Å². The Hall–Kier alpha value is -1.14. The summed E-state index contributed by atoms with van der Waals surface area (Å²) >= 11 is 0. The number of aliphatic hydroxyl groups is 2. The average molecular weight is 332 g/mol. The molecule has 0 aromatic heterocycles. The third-order valence-electron chi connectivity index (χ3n) is 3.39. The van der Waals surface area contributed by atoms with Crippen LogP contribution < -0.4 is 0 Å². The van der Waals surface area contributed by atoms with Gasteiger partial charge in [-0.3, -0.25) is 9.59 Å². The molecule has 23 heavy (non-hydrogen) atoms. The summed E-state index contributed by atoms with van der Waals surface area (Å²) in [6, 6.07) is 0. The molecule has 0 fully saturated rings. The van der Waals surface area contributed by atoms with Crippen LogP contribution in [0.15, 0.2) is 0 Å². The van der Waals surface area contributed by atoms with Crippen LogP contribution in [0.3, 0.4) is 0 Å². The summed E-state index contributed by atoms with van der Waals surface area (Å²) in [7, 11) is 0. The molecule has 0 aromatic rings. The summed E-state index contributed by atoms with van der Waals surface area (Å²) in [6.07, 6.45) is 8.74. The largest absolute Gasteiger partial charge is 0.466 e. The lowest BCUT2D eigenvalue weighted by molar-refractivity contribution is -0.144. The number of ether oxygens (including phenoxy) is 2.